The lowest BCUT2D eigenvalue weighted by molar-refractivity contribution is -0.134. The average Bonchev–Trinajstić information content (AvgIpc) is 1.89. The second-order valence-electron chi connectivity index (χ2n) is 1.40. The quantitative estimate of drug-likeness (QED) is 0.369. The van der Waals surface area contributed by atoms with Crippen molar-refractivity contribution in [3.8, 4) is 0 Å². The van der Waals surface area contributed by atoms with E-state index in [1.807, 2.05) is 0 Å². The lowest BCUT2D eigenvalue weighted by Crippen LogP contribution is -2.04. The van der Waals surface area contributed by atoms with E-state index in [1.165, 1.54) is 0 Å². The lowest BCUT2D eigenvalue weighted by atomic mass is 10.7. The zero-order valence-corrected chi connectivity index (χ0v) is 7.39. The van der Waals surface area contributed by atoms with Crippen molar-refractivity contribution in [2.75, 3.05) is 13.2 Å². The Hall–Kier alpha value is -0.770. The highest BCUT2D eigenvalue weighted by atomic mass is 35.5. The second kappa shape index (κ2) is 9.23. The molecule has 0 spiro atoms. The molecule has 0 saturated heterocycles. The van der Waals surface area contributed by atoms with Crippen LogP contribution in [0.3, 0.4) is 0 Å². The maximum atomic E-state index is 10.5. The third-order valence-corrected chi connectivity index (χ3v) is 0.648. The highest BCUT2D eigenvalue weighted by Gasteiger charge is 1.92. The van der Waals surface area contributed by atoms with Crippen LogP contribution in [0.4, 0.5) is 0 Å². The number of halogens is 1. The SMILES string of the molecule is CCON=CC(=O)OCC.Cl. The van der Waals surface area contributed by atoms with E-state index in [4.69, 9.17) is 0 Å². The summed E-state index contributed by atoms with van der Waals surface area (Å²) in [6.07, 6.45) is 1.01. The highest BCUT2D eigenvalue weighted by Crippen LogP contribution is 1.75. The smallest absolute Gasteiger partial charge is 0.352 e. The number of nitrogens with zero attached hydrogens (tertiary/aromatic N) is 1. The van der Waals surface area contributed by atoms with Crippen molar-refractivity contribution >= 4 is 24.6 Å². The second-order valence-corrected chi connectivity index (χ2v) is 1.40. The fourth-order valence-corrected chi connectivity index (χ4v) is 0.334. The summed E-state index contributed by atoms with van der Waals surface area (Å²) in [7, 11) is 0. The summed E-state index contributed by atoms with van der Waals surface area (Å²) in [6.45, 7) is 4.32. The van der Waals surface area contributed by atoms with E-state index in [0.29, 0.717) is 13.2 Å². The van der Waals surface area contributed by atoms with Gasteiger partial charge in [-0.15, -0.1) is 12.4 Å². The van der Waals surface area contributed by atoms with Crippen molar-refractivity contribution in [2.45, 2.75) is 13.8 Å². The first-order valence-electron chi connectivity index (χ1n) is 3.13. The Bertz CT molecular complexity index is 127. The minimum Gasteiger partial charge on any atom is -0.462 e. The van der Waals surface area contributed by atoms with Gasteiger partial charge in [0.15, 0.2) is 6.21 Å². The van der Waals surface area contributed by atoms with E-state index in [0.717, 1.165) is 6.21 Å². The highest BCUT2D eigenvalue weighted by molar-refractivity contribution is 6.22. The van der Waals surface area contributed by atoms with E-state index in [2.05, 4.69) is 14.7 Å². The number of hydrogen-bond acceptors (Lipinski definition) is 4. The molecular formula is C6H12ClNO3. The van der Waals surface area contributed by atoms with Crippen molar-refractivity contribution in [1.82, 2.24) is 0 Å². The summed E-state index contributed by atoms with van der Waals surface area (Å²) in [6, 6.07) is 0. The fraction of sp³-hybridized carbons (Fsp3) is 0.667. The normalized spacial score (nSPS) is 8.91. The van der Waals surface area contributed by atoms with Crippen LogP contribution in [-0.2, 0) is 14.4 Å². The Morgan fingerprint density at radius 3 is 2.55 bits per heavy atom. The third kappa shape index (κ3) is 9.23. The van der Waals surface area contributed by atoms with Gasteiger partial charge in [0.1, 0.15) is 6.61 Å². The van der Waals surface area contributed by atoms with Gasteiger partial charge in [0, 0.05) is 0 Å². The number of esters is 1. The van der Waals surface area contributed by atoms with E-state index in [9.17, 15) is 4.79 Å². The van der Waals surface area contributed by atoms with Crippen LogP contribution in [-0.4, -0.2) is 25.4 Å². The maximum Gasteiger partial charge on any atom is 0.352 e. The molecule has 0 aliphatic heterocycles. The zero-order chi connectivity index (χ0) is 7.82. The van der Waals surface area contributed by atoms with E-state index in [1.54, 1.807) is 13.8 Å². The Morgan fingerprint density at radius 1 is 1.45 bits per heavy atom. The molecule has 0 saturated carbocycles. The molecule has 0 aliphatic rings. The summed E-state index contributed by atoms with van der Waals surface area (Å²) in [5.74, 6) is -0.476. The third-order valence-electron chi connectivity index (χ3n) is 0.648. The van der Waals surface area contributed by atoms with Gasteiger partial charge in [0.2, 0.25) is 0 Å². The molecule has 0 unspecified atom stereocenters. The minimum absolute atomic E-state index is 0. The van der Waals surface area contributed by atoms with Crippen molar-refractivity contribution in [3.63, 3.8) is 0 Å². The summed E-state index contributed by atoms with van der Waals surface area (Å²) in [4.78, 5) is 15.0. The Balaban J connectivity index is 0. The number of carbonyl (C=O) groups is 1. The van der Waals surface area contributed by atoms with Gasteiger partial charge in [-0.05, 0) is 13.8 Å². The largest absolute Gasteiger partial charge is 0.462 e. The monoisotopic (exact) mass is 181 g/mol. The molecule has 0 aromatic rings. The molecule has 0 N–H and O–H groups in total. The first kappa shape index (κ1) is 12.9. The molecule has 0 rings (SSSR count). The summed E-state index contributed by atoms with van der Waals surface area (Å²) < 4.78 is 4.52. The maximum absolute atomic E-state index is 10.5. The molecule has 0 amide bonds. The van der Waals surface area contributed by atoms with Gasteiger partial charge < -0.3 is 9.57 Å². The molecule has 0 aromatic heterocycles. The molecule has 0 fully saturated rings. The van der Waals surface area contributed by atoms with Crippen LogP contribution in [0.1, 0.15) is 13.8 Å². The van der Waals surface area contributed by atoms with Crippen LogP contribution in [0.5, 0.6) is 0 Å². The Labute approximate surface area is 72.0 Å². The van der Waals surface area contributed by atoms with Gasteiger partial charge >= 0.3 is 5.97 Å². The van der Waals surface area contributed by atoms with E-state index >= 15 is 0 Å². The minimum atomic E-state index is -0.476. The van der Waals surface area contributed by atoms with E-state index < -0.39 is 5.97 Å². The number of oxime groups is 1. The van der Waals surface area contributed by atoms with E-state index in [-0.39, 0.29) is 12.4 Å². The molecule has 66 valence electrons. The van der Waals surface area contributed by atoms with Crippen LogP contribution < -0.4 is 0 Å². The molecule has 0 aliphatic carbocycles. The molecule has 0 atom stereocenters. The van der Waals surface area contributed by atoms with Crippen LogP contribution in [0.25, 0.3) is 0 Å². The molecule has 0 heterocycles. The van der Waals surface area contributed by atoms with Crippen molar-refractivity contribution in [3.05, 3.63) is 0 Å². The number of rotatable bonds is 4. The molecule has 0 radical (unpaired) electrons. The van der Waals surface area contributed by atoms with Crippen LogP contribution >= 0.6 is 12.4 Å². The Morgan fingerprint density at radius 2 is 2.09 bits per heavy atom. The van der Waals surface area contributed by atoms with Crippen LogP contribution in [0.15, 0.2) is 5.16 Å². The van der Waals surface area contributed by atoms with Gasteiger partial charge in [-0.3, -0.25) is 0 Å². The molecule has 11 heavy (non-hydrogen) atoms. The zero-order valence-electron chi connectivity index (χ0n) is 6.57. The van der Waals surface area contributed by atoms with Crippen LogP contribution in [0.2, 0.25) is 0 Å². The first-order valence-corrected chi connectivity index (χ1v) is 3.13. The predicted molar refractivity (Wildman–Crippen MR) is 44.0 cm³/mol. The molecule has 4 nitrogen and oxygen atoms in total. The summed E-state index contributed by atoms with van der Waals surface area (Å²) in [5.41, 5.74) is 0. The van der Waals surface area contributed by atoms with Gasteiger partial charge in [-0.25, -0.2) is 4.79 Å². The van der Waals surface area contributed by atoms with Crippen molar-refractivity contribution in [1.29, 1.82) is 0 Å². The standard InChI is InChI=1S/C6H11NO3.ClH/c1-3-9-6(8)5-7-10-4-2;/h5H,3-4H2,1-2H3;1H. The van der Waals surface area contributed by atoms with Crippen LogP contribution in [0, 0.1) is 0 Å². The van der Waals surface area contributed by atoms with Gasteiger partial charge in [-0.1, -0.05) is 5.16 Å². The molecule has 0 aromatic carbocycles. The van der Waals surface area contributed by atoms with Crippen molar-refractivity contribution in [2.24, 2.45) is 5.16 Å². The summed E-state index contributed by atoms with van der Waals surface area (Å²) >= 11 is 0. The molecule has 5 heteroatoms. The summed E-state index contributed by atoms with van der Waals surface area (Å²) in [5, 5.41) is 3.31. The van der Waals surface area contributed by atoms with Crippen molar-refractivity contribution < 1.29 is 14.4 Å². The number of carbonyl (C=O) groups excluding carboxylic acids is 1. The van der Waals surface area contributed by atoms with Gasteiger partial charge in [-0.2, -0.15) is 0 Å². The van der Waals surface area contributed by atoms with Gasteiger partial charge in [0.25, 0.3) is 0 Å². The molecular weight excluding hydrogens is 170 g/mol. The fourth-order valence-electron chi connectivity index (χ4n) is 0.334. The lowest BCUT2D eigenvalue weighted by Gasteiger charge is -1.93. The average molecular weight is 182 g/mol. The number of hydrogen-bond donors (Lipinski definition) is 0. The predicted octanol–water partition coefficient (Wildman–Crippen LogP) is 0.994. The topological polar surface area (TPSA) is 47.9 Å². The number of ether oxygens (including phenoxy) is 1. The first-order chi connectivity index (χ1) is 4.81. The van der Waals surface area contributed by atoms with Gasteiger partial charge in [0.05, 0.1) is 6.61 Å². The Kier molecular flexibility index (Phi) is 10.8. The molecule has 0 bridgehead atoms.